The zero-order chi connectivity index (χ0) is 74.6. The summed E-state index contributed by atoms with van der Waals surface area (Å²) in [5.74, 6) is -0.282. The minimum absolute atomic E-state index is 0.237. The fourth-order valence-corrected chi connectivity index (χ4v) is 14.6. The molecule has 3 fully saturated rings. The van der Waals surface area contributed by atoms with Crippen molar-refractivity contribution in [2.45, 2.75) is 465 Å². The van der Waals surface area contributed by atoms with Crippen molar-refractivity contribution in [3.8, 4) is 0 Å². The van der Waals surface area contributed by atoms with Crippen molar-refractivity contribution >= 4 is 5.91 Å². The van der Waals surface area contributed by atoms with Crippen LogP contribution in [0.3, 0.4) is 0 Å². The Morgan fingerprint density at radius 3 is 0.971 bits per heavy atom. The van der Waals surface area contributed by atoms with E-state index in [0.29, 0.717) is 12.8 Å². The maximum absolute atomic E-state index is 13.5. The molecule has 17 unspecified atom stereocenters. The van der Waals surface area contributed by atoms with Gasteiger partial charge in [-0.2, -0.15) is 0 Å². The maximum Gasteiger partial charge on any atom is 0.220 e. The summed E-state index contributed by atoms with van der Waals surface area (Å²) < 4.78 is 34.5. The molecule has 3 heterocycles. The van der Waals surface area contributed by atoms with Gasteiger partial charge in [-0.25, -0.2) is 0 Å². The molecule has 0 aromatic carbocycles. The Balaban J connectivity index is 1.36. The number of unbranched alkanes of at least 4 members (excludes halogenated alkanes) is 49. The van der Waals surface area contributed by atoms with Gasteiger partial charge < -0.3 is 89.9 Å². The van der Waals surface area contributed by atoms with Crippen LogP contribution in [0.25, 0.3) is 0 Å². The molecule has 0 aromatic heterocycles. The Kier molecular flexibility index (Phi) is 59.9. The van der Waals surface area contributed by atoms with Crippen LogP contribution in [0.4, 0.5) is 0 Å². The minimum atomic E-state index is -1.98. The monoisotopic (exact) mass is 1470 g/mol. The molecule has 19 heteroatoms. The van der Waals surface area contributed by atoms with Crippen LogP contribution in [0.15, 0.2) is 36.5 Å². The van der Waals surface area contributed by atoms with Crippen molar-refractivity contribution in [3.63, 3.8) is 0 Å². The average Bonchev–Trinajstić information content (AvgIpc) is 0.781. The summed E-state index contributed by atoms with van der Waals surface area (Å²) in [6.07, 6.45) is 54.4. The van der Waals surface area contributed by atoms with Crippen LogP contribution in [0.1, 0.15) is 361 Å². The van der Waals surface area contributed by atoms with E-state index in [-0.39, 0.29) is 18.9 Å². The van der Waals surface area contributed by atoms with E-state index in [1.54, 1.807) is 6.08 Å². The molecule has 0 aromatic rings. The molecular formula is C84H157NO18. The third kappa shape index (κ3) is 44.5. The second-order valence-electron chi connectivity index (χ2n) is 30.6. The number of carbonyl (C=O) groups is 1. The first-order chi connectivity index (χ1) is 50.3. The molecule has 606 valence electrons. The standard InChI is InChI=1S/C84H157NO18/c1-3-5-7-9-11-13-15-17-19-21-23-25-27-29-30-31-32-33-34-35-36-38-40-42-44-46-48-50-52-54-56-58-60-62-72(90)85-67(68(89)61-59-57-55-53-51-49-47-45-43-41-39-37-28-26-24-22-20-18-16-14-12-10-8-6-4-2)66-98-82-78(96)75(93)80(70(64-87)100-82)103-84-79(97)76(94)81(71(65-88)101-84)102-83-77(95)74(92)73(91)69(63-86)99-83/h43,45,51,53,59,61,67-71,73-84,86-89,91-97H,3-42,44,46-50,52,54-58,60,62-66H2,1-2H3,(H,85,90)/b45-43+,53-51+,61-59+. The fraction of sp³-hybridized carbons (Fsp3) is 0.917. The zero-order valence-corrected chi connectivity index (χ0v) is 65.1. The number of hydrogen-bond acceptors (Lipinski definition) is 18. The molecule has 3 saturated heterocycles. The van der Waals surface area contributed by atoms with Gasteiger partial charge in [0.15, 0.2) is 18.9 Å². The summed E-state index contributed by atoms with van der Waals surface area (Å²) in [6.45, 7) is 1.77. The predicted molar refractivity (Wildman–Crippen MR) is 411 cm³/mol. The lowest BCUT2D eigenvalue weighted by molar-refractivity contribution is -0.379. The van der Waals surface area contributed by atoms with E-state index in [1.165, 1.54) is 283 Å². The zero-order valence-electron chi connectivity index (χ0n) is 65.1. The lowest BCUT2D eigenvalue weighted by Gasteiger charge is -2.48. The molecule has 103 heavy (non-hydrogen) atoms. The number of allylic oxidation sites excluding steroid dienone is 5. The molecule has 3 aliphatic rings. The number of ether oxygens (including phenoxy) is 6. The third-order valence-corrected chi connectivity index (χ3v) is 21.4. The molecule has 12 N–H and O–H groups in total. The summed E-state index contributed by atoms with van der Waals surface area (Å²) in [4.78, 5) is 13.5. The smallest absolute Gasteiger partial charge is 0.220 e. The third-order valence-electron chi connectivity index (χ3n) is 21.4. The van der Waals surface area contributed by atoms with Crippen molar-refractivity contribution in [1.82, 2.24) is 5.32 Å². The highest BCUT2D eigenvalue weighted by Gasteiger charge is 2.54. The number of amides is 1. The van der Waals surface area contributed by atoms with Gasteiger partial charge in [-0.15, -0.1) is 0 Å². The second-order valence-corrected chi connectivity index (χ2v) is 30.6. The molecule has 1 amide bonds. The summed E-state index contributed by atoms with van der Waals surface area (Å²) in [7, 11) is 0. The molecule has 0 saturated carbocycles. The van der Waals surface area contributed by atoms with E-state index in [1.807, 2.05) is 6.08 Å². The van der Waals surface area contributed by atoms with E-state index in [4.69, 9.17) is 28.4 Å². The van der Waals surface area contributed by atoms with Gasteiger partial charge in [0.25, 0.3) is 0 Å². The average molecular weight is 1470 g/mol. The normalized spacial score (nSPS) is 26.2. The van der Waals surface area contributed by atoms with E-state index in [2.05, 4.69) is 43.5 Å². The Morgan fingerprint density at radius 2 is 0.621 bits per heavy atom. The largest absolute Gasteiger partial charge is 0.394 e. The number of nitrogens with one attached hydrogen (secondary N) is 1. The Bertz CT molecular complexity index is 2000. The lowest BCUT2D eigenvalue weighted by atomic mass is 9.96. The molecule has 0 aliphatic carbocycles. The van der Waals surface area contributed by atoms with Crippen LogP contribution in [0, 0.1) is 0 Å². The van der Waals surface area contributed by atoms with E-state index in [9.17, 15) is 61.0 Å². The second kappa shape index (κ2) is 64.8. The van der Waals surface area contributed by atoms with Crippen LogP contribution in [-0.4, -0.2) is 193 Å². The van der Waals surface area contributed by atoms with Gasteiger partial charge in [-0.3, -0.25) is 4.79 Å². The van der Waals surface area contributed by atoms with E-state index in [0.717, 1.165) is 44.9 Å². The van der Waals surface area contributed by atoms with Crippen LogP contribution >= 0.6 is 0 Å². The molecule has 17 atom stereocenters. The van der Waals surface area contributed by atoms with Crippen molar-refractivity contribution in [1.29, 1.82) is 0 Å². The highest BCUT2D eigenvalue weighted by molar-refractivity contribution is 5.76. The highest BCUT2D eigenvalue weighted by atomic mass is 16.8. The number of aliphatic hydroxyl groups excluding tert-OH is 11. The molecule has 0 spiro atoms. The number of hydrogen-bond donors (Lipinski definition) is 12. The van der Waals surface area contributed by atoms with E-state index < -0.39 is 124 Å². The van der Waals surface area contributed by atoms with Crippen LogP contribution in [-0.2, 0) is 33.2 Å². The first kappa shape index (κ1) is 95.2. The SMILES string of the molecule is CCCCCCCCCCCCCCCCC/C=C/CC/C=C/CC/C=C/C(O)C(COC1OC(CO)C(OC2OC(CO)C(OC3OC(CO)C(O)C(O)C3O)C(O)C2O)C(O)C1O)NC(=O)CCCCCCCCCCCCCCCCCCCCCCCCCCCCCCCCCCC. The predicted octanol–water partition coefficient (Wildman–Crippen LogP) is 15.1. The highest BCUT2D eigenvalue weighted by Crippen LogP contribution is 2.33. The number of carbonyl (C=O) groups excluding carboxylic acids is 1. The summed E-state index contributed by atoms with van der Waals surface area (Å²) in [5.41, 5.74) is 0. The van der Waals surface area contributed by atoms with Crippen LogP contribution in [0.5, 0.6) is 0 Å². The van der Waals surface area contributed by atoms with Crippen LogP contribution in [0.2, 0.25) is 0 Å². The summed E-state index contributed by atoms with van der Waals surface area (Å²) in [6, 6.07) is -0.996. The molecule has 0 bridgehead atoms. The Hall–Kier alpha value is -1.99. The van der Waals surface area contributed by atoms with Crippen molar-refractivity contribution < 1.29 is 89.4 Å². The maximum atomic E-state index is 13.5. The van der Waals surface area contributed by atoms with Gasteiger partial charge in [-0.1, -0.05) is 346 Å². The van der Waals surface area contributed by atoms with E-state index >= 15 is 0 Å². The van der Waals surface area contributed by atoms with Gasteiger partial charge >= 0.3 is 0 Å². The topological polar surface area (TPSA) is 307 Å². The fourth-order valence-electron chi connectivity index (χ4n) is 14.6. The van der Waals surface area contributed by atoms with Crippen LogP contribution < -0.4 is 5.32 Å². The Labute approximate surface area is 625 Å². The van der Waals surface area contributed by atoms with Crippen molar-refractivity contribution in [2.24, 2.45) is 0 Å². The van der Waals surface area contributed by atoms with Crippen molar-refractivity contribution in [3.05, 3.63) is 36.5 Å². The van der Waals surface area contributed by atoms with Crippen molar-refractivity contribution in [2.75, 3.05) is 26.4 Å². The summed E-state index contributed by atoms with van der Waals surface area (Å²) in [5, 5.41) is 121. The van der Waals surface area contributed by atoms with Gasteiger partial charge in [0, 0.05) is 6.42 Å². The summed E-state index contributed by atoms with van der Waals surface area (Å²) >= 11 is 0. The molecule has 3 rings (SSSR count). The molecule has 3 aliphatic heterocycles. The lowest BCUT2D eigenvalue weighted by Crippen LogP contribution is -2.66. The van der Waals surface area contributed by atoms with Gasteiger partial charge in [-0.05, 0) is 44.9 Å². The molecule has 19 nitrogen and oxygen atoms in total. The first-order valence-corrected chi connectivity index (χ1v) is 42.7. The van der Waals surface area contributed by atoms with Gasteiger partial charge in [0.2, 0.25) is 5.91 Å². The first-order valence-electron chi connectivity index (χ1n) is 42.7. The number of aliphatic hydroxyl groups is 11. The quantitative estimate of drug-likeness (QED) is 0.0199. The molecular weight excluding hydrogens is 1310 g/mol. The number of rotatable bonds is 69. The molecule has 0 radical (unpaired) electrons. The minimum Gasteiger partial charge on any atom is -0.394 e. The Morgan fingerprint density at radius 1 is 0.340 bits per heavy atom. The van der Waals surface area contributed by atoms with Gasteiger partial charge in [0.05, 0.1) is 38.6 Å². The van der Waals surface area contributed by atoms with Gasteiger partial charge in [0.1, 0.15) is 73.2 Å².